The molecule has 1 amide bonds. The molecule has 0 unspecified atom stereocenters. The third-order valence-electron chi connectivity index (χ3n) is 3.29. The van der Waals surface area contributed by atoms with Crippen LogP contribution >= 0.6 is 0 Å². The monoisotopic (exact) mass is 301 g/mol. The number of halogens is 1. The Bertz CT molecular complexity index is 625. The highest BCUT2D eigenvalue weighted by Gasteiger charge is 2.24. The van der Waals surface area contributed by atoms with Gasteiger partial charge >= 0.3 is 0 Å². The van der Waals surface area contributed by atoms with E-state index in [1.807, 2.05) is 4.90 Å². The van der Waals surface area contributed by atoms with E-state index >= 15 is 0 Å². The normalized spacial score (nSPS) is 17.2. The van der Waals surface area contributed by atoms with E-state index in [9.17, 15) is 17.6 Å². The molecular formula is C12H16FN3O3S. The second-order valence-corrected chi connectivity index (χ2v) is 6.66. The topological polar surface area (TPSA) is 83.7 Å². The SMILES string of the molecule is CS(=O)(=O)N1CCN(c2ccc(C(N)=O)c(F)c2)CC1. The zero-order chi connectivity index (χ0) is 14.9. The Hall–Kier alpha value is -1.67. The Morgan fingerprint density at radius 2 is 1.85 bits per heavy atom. The van der Waals surface area contributed by atoms with Crippen molar-refractivity contribution in [3.05, 3.63) is 29.6 Å². The first-order chi connectivity index (χ1) is 9.29. The van der Waals surface area contributed by atoms with Gasteiger partial charge in [0.25, 0.3) is 5.91 Å². The van der Waals surface area contributed by atoms with E-state index < -0.39 is 21.7 Å². The van der Waals surface area contributed by atoms with Crippen molar-refractivity contribution >= 4 is 21.6 Å². The van der Waals surface area contributed by atoms with E-state index in [1.54, 1.807) is 6.07 Å². The van der Waals surface area contributed by atoms with E-state index in [2.05, 4.69) is 0 Å². The van der Waals surface area contributed by atoms with Gasteiger partial charge in [0.1, 0.15) is 5.82 Å². The Labute approximate surface area is 117 Å². The number of piperazine rings is 1. The molecule has 0 aliphatic carbocycles. The molecule has 1 aromatic rings. The standard InChI is InChI=1S/C12H16FN3O3S/c1-20(18,19)16-6-4-15(5-7-16)9-2-3-10(12(14)17)11(13)8-9/h2-3,8H,4-7H2,1H3,(H2,14,17). The minimum atomic E-state index is -3.19. The maximum atomic E-state index is 13.7. The molecule has 1 heterocycles. The van der Waals surface area contributed by atoms with Crippen LogP contribution in [0.4, 0.5) is 10.1 Å². The van der Waals surface area contributed by atoms with E-state index in [-0.39, 0.29) is 5.56 Å². The molecule has 1 fully saturated rings. The molecule has 1 aliphatic rings. The quantitative estimate of drug-likeness (QED) is 0.852. The highest BCUT2D eigenvalue weighted by molar-refractivity contribution is 7.88. The number of amides is 1. The average Bonchev–Trinajstić information content (AvgIpc) is 2.37. The maximum Gasteiger partial charge on any atom is 0.251 e. The van der Waals surface area contributed by atoms with E-state index in [1.165, 1.54) is 22.7 Å². The molecule has 0 saturated carbocycles. The Morgan fingerprint density at radius 1 is 1.25 bits per heavy atom. The molecule has 2 rings (SSSR count). The Morgan fingerprint density at radius 3 is 2.30 bits per heavy atom. The minimum Gasteiger partial charge on any atom is -0.369 e. The van der Waals surface area contributed by atoms with Crippen LogP contribution in [0.25, 0.3) is 0 Å². The summed E-state index contributed by atoms with van der Waals surface area (Å²) in [6.07, 6.45) is 1.17. The number of carbonyl (C=O) groups is 1. The van der Waals surface area contributed by atoms with Crippen LogP contribution in [0.3, 0.4) is 0 Å². The third-order valence-corrected chi connectivity index (χ3v) is 4.59. The summed E-state index contributed by atoms with van der Waals surface area (Å²) in [5, 5.41) is 0. The number of hydrogen-bond acceptors (Lipinski definition) is 4. The van der Waals surface area contributed by atoms with Crippen LogP contribution in [0.2, 0.25) is 0 Å². The van der Waals surface area contributed by atoms with Crippen LogP contribution in [0.5, 0.6) is 0 Å². The van der Waals surface area contributed by atoms with Crippen LogP contribution in [-0.4, -0.2) is 51.1 Å². The number of nitrogens with two attached hydrogens (primary N) is 1. The molecule has 0 spiro atoms. The summed E-state index contributed by atoms with van der Waals surface area (Å²) >= 11 is 0. The molecular weight excluding hydrogens is 285 g/mol. The van der Waals surface area contributed by atoms with E-state index in [0.29, 0.717) is 31.9 Å². The lowest BCUT2D eigenvalue weighted by Crippen LogP contribution is -2.48. The van der Waals surface area contributed by atoms with Crippen LogP contribution in [-0.2, 0) is 10.0 Å². The second-order valence-electron chi connectivity index (χ2n) is 4.68. The number of anilines is 1. The fourth-order valence-electron chi connectivity index (χ4n) is 2.18. The van der Waals surface area contributed by atoms with Gasteiger partial charge in [-0.15, -0.1) is 0 Å². The summed E-state index contributed by atoms with van der Waals surface area (Å²) < 4.78 is 37.9. The predicted octanol–water partition coefficient (Wildman–Crippen LogP) is 0.00620. The highest BCUT2D eigenvalue weighted by Crippen LogP contribution is 2.20. The lowest BCUT2D eigenvalue weighted by molar-refractivity contribution is 0.0996. The minimum absolute atomic E-state index is 0.150. The van der Waals surface area contributed by atoms with Crippen molar-refractivity contribution in [3.8, 4) is 0 Å². The molecule has 1 aliphatic heterocycles. The van der Waals surface area contributed by atoms with Crippen molar-refractivity contribution in [2.45, 2.75) is 0 Å². The highest BCUT2D eigenvalue weighted by atomic mass is 32.2. The zero-order valence-corrected chi connectivity index (χ0v) is 11.9. The van der Waals surface area contributed by atoms with Gasteiger partial charge in [0.15, 0.2) is 0 Å². The number of hydrogen-bond donors (Lipinski definition) is 1. The van der Waals surface area contributed by atoms with Gasteiger partial charge in [0.2, 0.25) is 10.0 Å². The first-order valence-electron chi connectivity index (χ1n) is 6.08. The first kappa shape index (κ1) is 14.7. The number of sulfonamides is 1. The zero-order valence-electron chi connectivity index (χ0n) is 11.0. The summed E-state index contributed by atoms with van der Waals surface area (Å²) in [6, 6.07) is 4.20. The summed E-state index contributed by atoms with van der Waals surface area (Å²) in [5.74, 6) is -1.48. The number of primary amides is 1. The fourth-order valence-corrected chi connectivity index (χ4v) is 3.01. The summed E-state index contributed by atoms with van der Waals surface area (Å²) in [4.78, 5) is 12.8. The van der Waals surface area contributed by atoms with Crippen molar-refractivity contribution in [1.29, 1.82) is 0 Å². The van der Waals surface area contributed by atoms with Gasteiger partial charge in [0.05, 0.1) is 11.8 Å². The largest absolute Gasteiger partial charge is 0.369 e. The van der Waals surface area contributed by atoms with Crippen molar-refractivity contribution in [3.63, 3.8) is 0 Å². The number of carbonyl (C=O) groups excluding carboxylic acids is 1. The van der Waals surface area contributed by atoms with Crippen LogP contribution in [0.1, 0.15) is 10.4 Å². The summed E-state index contributed by atoms with van der Waals surface area (Å²) in [5.41, 5.74) is 5.51. The second kappa shape index (κ2) is 5.37. The van der Waals surface area contributed by atoms with Gasteiger partial charge in [-0.25, -0.2) is 12.8 Å². The maximum absolute atomic E-state index is 13.7. The average molecular weight is 301 g/mol. The Balaban J connectivity index is 2.11. The predicted molar refractivity (Wildman–Crippen MR) is 73.5 cm³/mol. The molecule has 6 nitrogen and oxygen atoms in total. The summed E-state index contributed by atoms with van der Waals surface area (Å²) in [6.45, 7) is 1.67. The summed E-state index contributed by atoms with van der Waals surface area (Å²) in [7, 11) is -3.19. The number of rotatable bonds is 3. The van der Waals surface area contributed by atoms with Crippen LogP contribution in [0.15, 0.2) is 18.2 Å². The van der Waals surface area contributed by atoms with Gasteiger partial charge in [-0.3, -0.25) is 4.79 Å². The lowest BCUT2D eigenvalue weighted by atomic mass is 10.1. The fraction of sp³-hybridized carbons (Fsp3) is 0.417. The van der Waals surface area contributed by atoms with Crippen molar-refractivity contribution in [1.82, 2.24) is 4.31 Å². The van der Waals surface area contributed by atoms with Crippen molar-refractivity contribution < 1.29 is 17.6 Å². The molecule has 110 valence electrons. The molecule has 20 heavy (non-hydrogen) atoms. The molecule has 1 aromatic carbocycles. The molecule has 0 bridgehead atoms. The first-order valence-corrected chi connectivity index (χ1v) is 7.93. The number of nitrogens with zero attached hydrogens (tertiary/aromatic N) is 2. The molecule has 0 atom stereocenters. The lowest BCUT2D eigenvalue weighted by Gasteiger charge is -2.34. The van der Waals surface area contributed by atoms with Gasteiger partial charge in [-0.1, -0.05) is 0 Å². The molecule has 2 N–H and O–H groups in total. The molecule has 8 heteroatoms. The number of benzene rings is 1. The van der Waals surface area contributed by atoms with Crippen molar-refractivity contribution in [2.75, 3.05) is 37.3 Å². The van der Waals surface area contributed by atoms with E-state index in [4.69, 9.17) is 5.73 Å². The van der Waals surface area contributed by atoms with Gasteiger partial charge in [-0.05, 0) is 18.2 Å². The van der Waals surface area contributed by atoms with Crippen LogP contribution in [0, 0.1) is 5.82 Å². The van der Waals surface area contributed by atoms with Gasteiger partial charge < -0.3 is 10.6 Å². The van der Waals surface area contributed by atoms with Crippen LogP contribution < -0.4 is 10.6 Å². The Kier molecular flexibility index (Phi) is 3.96. The van der Waals surface area contributed by atoms with Gasteiger partial charge in [0, 0.05) is 31.9 Å². The van der Waals surface area contributed by atoms with Crippen molar-refractivity contribution in [2.24, 2.45) is 5.73 Å². The van der Waals surface area contributed by atoms with E-state index in [0.717, 1.165) is 0 Å². The molecule has 0 aromatic heterocycles. The molecule has 1 saturated heterocycles. The smallest absolute Gasteiger partial charge is 0.251 e. The van der Waals surface area contributed by atoms with Gasteiger partial charge in [-0.2, -0.15) is 4.31 Å². The third kappa shape index (κ3) is 3.07. The molecule has 0 radical (unpaired) electrons.